The Hall–Kier alpha value is 0.310. The van der Waals surface area contributed by atoms with Crippen LogP contribution in [0, 0.1) is 5.92 Å². The van der Waals surface area contributed by atoms with E-state index >= 15 is 0 Å². The maximum atomic E-state index is 9.77. The summed E-state index contributed by atoms with van der Waals surface area (Å²) in [5.74, 6) is 1.36. The maximum Gasteiger partial charge on any atom is 0.0656 e. The lowest BCUT2D eigenvalue weighted by Gasteiger charge is -2.19. The van der Waals surface area contributed by atoms with Crippen molar-refractivity contribution in [2.45, 2.75) is 58.3 Å². The summed E-state index contributed by atoms with van der Waals surface area (Å²) in [6.07, 6.45) is 3.40. The van der Waals surface area contributed by atoms with Crippen molar-refractivity contribution in [3.05, 3.63) is 0 Å². The first kappa shape index (κ1) is 13.3. The molecule has 0 aliphatic rings. The highest BCUT2D eigenvalue weighted by Crippen LogP contribution is 2.19. The minimum atomic E-state index is -0.112. The highest BCUT2D eigenvalue weighted by molar-refractivity contribution is 7.99. The predicted molar refractivity (Wildman–Crippen MR) is 62.3 cm³/mol. The first-order valence-electron chi connectivity index (χ1n) is 5.41. The van der Waals surface area contributed by atoms with Crippen molar-refractivity contribution in [1.82, 2.24) is 0 Å². The molecule has 0 aliphatic carbocycles. The Morgan fingerprint density at radius 3 is 2.31 bits per heavy atom. The Morgan fingerprint density at radius 1 is 1.23 bits per heavy atom. The lowest BCUT2D eigenvalue weighted by atomic mass is 10.0. The van der Waals surface area contributed by atoms with E-state index in [4.69, 9.17) is 0 Å². The van der Waals surface area contributed by atoms with E-state index in [0.29, 0.717) is 11.2 Å². The lowest BCUT2D eigenvalue weighted by Crippen LogP contribution is -2.21. The van der Waals surface area contributed by atoms with Crippen LogP contribution in [0.2, 0.25) is 0 Å². The number of hydrogen-bond acceptors (Lipinski definition) is 2. The lowest BCUT2D eigenvalue weighted by molar-refractivity contribution is 0.134. The van der Waals surface area contributed by atoms with Crippen molar-refractivity contribution < 1.29 is 5.11 Å². The minimum Gasteiger partial charge on any atom is -0.392 e. The Labute approximate surface area is 87.3 Å². The summed E-state index contributed by atoms with van der Waals surface area (Å²) in [6, 6.07) is 0. The molecule has 0 saturated carbocycles. The first-order valence-corrected chi connectivity index (χ1v) is 6.46. The molecule has 0 heterocycles. The van der Waals surface area contributed by atoms with Crippen LogP contribution < -0.4 is 0 Å². The van der Waals surface area contributed by atoms with Gasteiger partial charge in [-0.15, -0.1) is 0 Å². The number of rotatable bonds is 7. The van der Waals surface area contributed by atoms with Gasteiger partial charge in [0, 0.05) is 11.0 Å². The van der Waals surface area contributed by atoms with Crippen LogP contribution in [0.3, 0.4) is 0 Å². The van der Waals surface area contributed by atoms with Gasteiger partial charge >= 0.3 is 0 Å². The fourth-order valence-corrected chi connectivity index (χ4v) is 2.28. The van der Waals surface area contributed by atoms with Gasteiger partial charge in [0.05, 0.1) is 6.10 Å². The molecule has 0 rings (SSSR count). The SMILES string of the molecule is CCCC(C)C(O)CSC(C)CC. The summed E-state index contributed by atoms with van der Waals surface area (Å²) in [7, 11) is 0. The maximum absolute atomic E-state index is 9.77. The summed E-state index contributed by atoms with van der Waals surface area (Å²) in [5.41, 5.74) is 0. The van der Waals surface area contributed by atoms with E-state index in [9.17, 15) is 5.11 Å². The largest absolute Gasteiger partial charge is 0.392 e. The fourth-order valence-electron chi connectivity index (χ4n) is 1.19. The zero-order valence-electron chi connectivity index (χ0n) is 9.42. The fraction of sp³-hybridized carbons (Fsp3) is 1.00. The normalized spacial score (nSPS) is 18.2. The molecular weight excluding hydrogens is 180 g/mol. The van der Waals surface area contributed by atoms with Crippen LogP contribution in [-0.4, -0.2) is 22.2 Å². The smallest absolute Gasteiger partial charge is 0.0656 e. The van der Waals surface area contributed by atoms with Gasteiger partial charge in [-0.05, 0) is 18.8 Å². The quantitative estimate of drug-likeness (QED) is 0.686. The van der Waals surface area contributed by atoms with Crippen molar-refractivity contribution in [2.75, 3.05) is 5.75 Å². The Balaban J connectivity index is 3.54. The van der Waals surface area contributed by atoms with Gasteiger partial charge in [-0.25, -0.2) is 0 Å². The second kappa shape index (κ2) is 7.69. The third kappa shape index (κ3) is 6.39. The van der Waals surface area contributed by atoms with Crippen molar-refractivity contribution in [2.24, 2.45) is 5.92 Å². The van der Waals surface area contributed by atoms with Crippen molar-refractivity contribution >= 4 is 11.8 Å². The van der Waals surface area contributed by atoms with Crippen molar-refractivity contribution in [3.8, 4) is 0 Å². The number of hydrogen-bond donors (Lipinski definition) is 1. The molecule has 0 fully saturated rings. The molecule has 1 nitrogen and oxygen atoms in total. The third-order valence-corrected chi connectivity index (χ3v) is 3.96. The van der Waals surface area contributed by atoms with Crippen LogP contribution in [-0.2, 0) is 0 Å². The van der Waals surface area contributed by atoms with E-state index in [1.54, 1.807) is 0 Å². The zero-order valence-corrected chi connectivity index (χ0v) is 10.2. The molecule has 0 bridgehead atoms. The second-order valence-corrected chi connectivity index (χ2v) is 5.36. The number of aliphatic hydroxyl groups is 1. The summed E-state index contributed by atoms with van der Waals surface area (Å²) in [6.45, 7) is 8.73. The Morgan fingerprint density at radius 2 is 1.85 bits per heavy atom. The van der Waals surface area contributed by atoms with Crippen LogP contribution in [0.4, 0.5) is 0 Å². The zero-order chi connectivity index (χ0) is 10.3. The first-order chi connectivity index (χ1) is 6.11. The average molecular weight is 204 g/mol. The number of aliphatic hydroxyl groups excluding tert-OH is 1. The summed E-state index contributed by atoms with van der Waals surface area (Å²) >= 11 is 1.89. The average Bonchev–Trinajstić information content (AvgIpc) is 2.13. The minimum absolute atomic E-state index is 0.112. The molecule has 0 aromatic carbocycles. The summed E-state index contributed by atoms with van der Waals surface area (Å²) in [4.78, 5) is 0. The topological polar surface area (TPSA) is 20.2 Å². The molecule has 0 amide bonds. The highest BCUT2D eigenvalue weighted by atomic mass is 32.2. The predicted octanol–water partition coefficient (Wildman–Crippen LogP) is 3.32. The second-order valence-electron chi connectivity index (χ2n) is 3.89. The molecule has 80 valence electrons. The van der Waals surface area contributed by atoms with Crippen LogP contribution in [0.1, 0.15) is 47.0 Å². The van der Waals surface area contributed by atoms with Crippen molar-refractivity contribution in [1.29, 1.82) is 0 Å². The molecule has 0 aromatic rings. The van der Waals surface area contributed by atoms with Crippen LogP contribution >= 0.6 is 11.8 Å². The molecule has 3 atom stereocenters. The van der Waals surface area contributed by atoms with Crippen molar-refractivity contribution in [3.63, 3.8) is 0 Å². The molecule has 0 saturated heterocycles. The standard InChI is InChI=1S/C11H24OS/c1-5-7-9(3)11(12)8-13-10(4)6-2/h9-12H,5-8H2,1-4H3. The van der Waals surface area contributed by atoms with Gasteiger partial charge < -0.3 is 5.11 Å². The molecule has 0 aromatic heterocycles. The monoisotopic (exact) mass is 204 g/mol. The van der Waals surface area contributed by atoms with Gasteiger partial charge in [-0.1, -0.05) is 34.1 Å². The summed E-state index contributed by atoms with van der Waals surface area (Å²) in [5, 5.41) is 10.5. The third-order valence-electron chi connectivity index (χ3n) is 2.53. The van der Waals surface area contributed by atoms with E-state index in [0.717, 1.165) is 12.2 Å². The molecule has 0 spiro atoms. The van der Waals surface area contributed by atoms with E-state index in [2.05, 4.69) is 27.7 Å². The van der Waals surface area contributed by atoms with E-state index in [1.165, 1.54) is 12.8 Å². The highest BCUT2D eigenvalue weighted by Gasteiger charge is 2.14. The van der Waals surface area contributed by atoms with E-state index < -0.39 is 0 Å². The van der Waals surface area contributed by atoms with Crippen LogP contribution in [0.25, 0.3) is 0 Å². The molecule has 3 unspecified atom stereocenters. The molecule has 13 heavy (non-hydrogen) atoms. The summed E-state index contributed by atoms with van der Waals surface area (Å²) < 4.78 is 0. The van der Waals surface area contributed by atoms with Gasteiger partial charge in [0.15, 0.2) is 0 Å². The van der Waals surface area contributed by atoms with Gasteiger partial charge in [-0.3, -0.25) is 0 Å². The molecule has 1 N–H and O–H groups in total. The Bertz CT molecular complexity index is 117. The van der Waals surface area contributed by atoms with Gasteiger partial charge in [-0.2, -0.15) is 11.8 Å². The number of thioether (sulfide) groups is 1. The van der Waals surface area contributed by atoms with Gasteiger partial charge in [0.1, 0.15) is 0 Å². The van der Waals surface area contributed by atoms with Gasteiger partial charge in [0.2, 0.25) is 0 Å². The molecular formula is C11H24OS. The van der Waals surface area contributed by atoms with Gasteiger partial charge in [0.25, 0.3) is 0 Å². The van der Waals surface area contributed by atoms with E-state index in [-0.39, 0.29) is 6.10 Å². The molecule has 0 radical (unpaired) electrons. The van der Waals surface area contributed by atoms with Crippen LogP contribution in [0.5, 0.6) is 0 Å². The molecule has 0 aliphatic heterocycles. The van der Waals surface area contributed by atoms with Crippen LogP contribution in [0.15, 0.2) is 0 Å². The molecule has 2 heteroatoms. The Kier molecular flexibility index (Phi) is 7.87. The van der Waals surface area contributed by atoms with E-state index in [1.807, 2.05) is 11.8 Å².